The van der Waals surface area contributed by atoms with Crippen LogP contribution in [0.2, 0.25) is 0 Å². The van der Waals surface area contributed by atoms with Gasteiger partial charge in [-0.3, -0.25) is 9.59 Å². The first-order valence-corrected chi connectivity index (χ1v) is 11.5. The summed E-state index contributed by atoms with van der Waals surface area (Å²) in [6.07, 6.45) is 5.52. The predicted molar refractivity (Wildman–Crippen MR) is 138 cm³/mol. The molecule has 2 N–H and O–H groups in total. The lowest BCUT2D eigenvalue weighted by Gasteiger charge is -2.26. The van der Waals surface area contributed by atoms with Gasteiger partial charge in [0.15, 0.2) is 5.78 Å². The molecule has 0 spiro atoms. The zero-order valence-corrected chi connectivity index (χ0v) is 18.8. The molecule has 0 radical (unpaired) electrons. The normalized spacial score (nSPS) is 14.7. The van der Waals surface area contributed by atoms with Gasteiger partial charge >= 0.3 is 0 Å². The van der Waals surface area contributed by atoms with Crippen LogP contribution in [0.5, 0.6) is 0 Å². The van der Waals surface area contributed by atoms with Crippen LogP contribution in [0.15, 0.2) is 114 Å². The highest BCUT2D eigenvalue weighted by molar-refractivity contribution is 6.15. The number of aliphatic hydroxyl groups is 1. The second-order valence-electron chi connectivity index (χ2n) is 8.78. The zero-order valence-electron chi connectivity index (χ0n) is 18.8. The van der Waals surface area contributed by atoms with Crippen LogP contribution in [0.25, 0.3) is 32.9 Å². The van der Waals surface area contributed by atoms with Crippen LogP contribution in [0.3, 0.4) is 0 Å². The number of fused-ring (bicyclic) bond motifs is 3. The molecular weight excluding hydrogens is 436 g/mol. The van der Waals surface area contributed by atoms with Gasteiger partial charge in [-0.05, 0) is 41.5 Å². The van der Waals surface area contributed by atoms with Crippen LogP contribution in [-0.4, -0.2) is 20.4 Å². The standard InChI is InChI=1S/C30H22N2O3/c33-22-15-17-30(35,18-16-22)28-25(21-11-5-2-6-12-21)26-23-13-7-8-14-24(23)32(27(26)29(34)31-28)19-20-9-3-1-4-10-20/h1-18,35H,19H2,(H,31,34). The number of benzene rings is 3. The molecule has 0 saturated heterocycles. The Morgan fingerprint density at radius 1 is 0.800 bits per heavy atom. The van der Waals surface area contributed by atoms with E-state index in [0.29, 0.717) is 17.8 Å². The molecule has 3 aromatic carbocycles. The van der Waals surface area contributed by atoms with E-state index >= 15 is 0 Å². The first-order chi connectivity index (χ1) is 17.0. The van der Waals surface area contributed by atoms with Crippen molar-refractivity contribution in [1.29, 1.82) is 0 Å². The van der Waals surface area contributed by atoms with E-state index < -0.39 is 5.60 Å². The fourth-order valence-corrected chi connectivity index (χ4v) is 4.97. The number of hydrogen-bond donors (Lipinski definition) is 2. The number of carbonyl (C=O) groups is 1. The topological polar surface area (TPSA) is 75.1 Å². The van der Waals surface area contributed by atoms with E-state index in [1.54, 1.807) is 0 Å². The molecule has 5 heteroatoms. The van der Waals surface area contributed by atoms with Crippen LogP contribution in [-0.2, 0) is 16.9 Å². The number of H-pyrrole nitrogens is 1. The Morgan fingerprint density at radius 3 is 2.14 bits per heavy atom. The second-order valence-corrected chi connectivity index (χ2v) is 8.78. The smallest absolute Gasteiger partial charge is 0.272 e. The highest BCUT2D eigenvalue weighted by Gasteiger charge is 2.33. The predicted octanol–water partition coefficient (Wildman–Crippen LogP) is 5.08. The molecule has 0 fully saturated rings. The highest BCUT2D eigenvalue weighted by Crippen LogP contribution is 2.41. The monoisotopic (exact) mass is 458 g/mol. The number of para-hydroxylation sites is 1. The minimum Gasteiger partial charge on any atom is -0.376 e. The maximum Gasteiger partial charge on any atom is 0.272 e. The lowest BCUT2D eigenvalue weighted by molar-refractivity contribution is -0.110. The molecule has 0 bridgehead atoms. The number of nitrogens with zero attached hydrogens (tertiary/aromatic N) is 1. The first kappa shape index (κ1) is 21.1. The van der Waals surface area contributed by atoms with Gasteiger partial charge < -0.3 is 14.7 Å². The number of carbonyl (C=O) groups excluding carboxylic acids is 1. The van der Waals surface area contributed by atoms with Crippen molar-refractivity contribution in [2.45, 2.75) is 12.1 Å². The van der Waals surface area contributed by atoms with Crippen molar-refractivity contribution in [2.24, 2.45) is 0 Å². The van der Waals surface area contributed by atoms with Crippen molar-refractivity contribution in [3.63, 3.8) is 0 Å². The van der Waals surface area contributed by atoms with Crippen LogP contribution < -0.4 is 5.56 Å². The van der Waals surface area contributed by atoms with Crippen LogP contribution in [0.1, 0.15) is 11.3 Å². The summed E-state index contributed by atoms with van der Waals surface area (Å²) in [5.41, 5.74) is 2.56. The number of hydrogen-bond acceptors (Lipinski definition) is 3. The number of pyridine rings is 1. The maximum absolute atomic E-state index is 13.7. The SMILES string of the molecule is O=C1C=CC(O)(c2[nH]c(=O)c3c(c2-c2ccccc2)c2ccccc2n3Cc2ccccc2)C=C1. The molecule has 5 aromatic rings. The molecule has 0 saturated carbocycles. The molecule has 2 heterocycles. The van der Waals surface area contributed by atoms with Gasteiger partial charge in [-0.15, -0.1) is 0 Å². The van der Waals surface area contributed by atoms with Gasteiger partial charge in [0.25, 0.3) is 5.56 Å². The van der Waals surface area contributed by atoms with Gasteiger partial charge in [0.05, 0.1) is 5.69 Å². The molecule has 2 aromatic heterocycles. The van der Waals surface area contributed by atoms with Crippen molar-refractivity contribution in [3.05, 3.63) is 131 Å². The Hall–Kier alpha value is -4.48. The molecule has 0 unspecified atom stereocenters. The van der Waals surface area contributed by atoms with E-state index in [4.69, 9.17) is 0 Å². The molecule has 35 heavy (non-hydrogen) atoms. The van der Waals surface area contributed by atoms with Gasteiger partial charge in [-0.25, -0.2) is 0 Å². The van der Waals surface area contributed by atoms with Crippen molar-refractivity contribution in [3.8, 4) is 11.1 Å². The summed E-state index contributed by atoms with van der Waals surface area (Å²) in [6.45, 7) is 0.528. The number of nitrogens with one attached hydrogen (secondary N) is 1. The largest absolute Gasteiger partial charge is 0.376 e. The van der Waals surface area contributed by atoms with E-state index in [2.05, 4.69) is 4.98 Å². The van der Waals surface area contributed by atoms with E-state index in [0.717, 1.165) is 33.0 Å². The molecule has 1 aliphatic carbocycles. The van der Waals surface area contributed by atoms with E-state index in [-0.39, 0.29) is 11.3 Å². The Labute approximate surface area is 201 Å². The Bertz CT molecular complexity index is 1690. The third kappa shape index (κ3) is 3.45. The Morgan fingerprint density at radius 2 is 1.43 bits per heavy atom. The fraction of sp³-hybridized carbons (Fsp3) is 0.0667. The fourth-order valence-electron chi connectivity index (χ4n) is 4.97. The van der Waals surface area contributed by atoms with E-state index in [9.17, 15) is 14.7 Å². The van der Waals surface area contributed by atoms with Crippen molar-refractivity contribution in [1.82, 2.24) is 9.55 Å². The van der Waals surface area contributed by atoms with Crippen LogP contribution >= 0.6 is 0 Å². The summed E-state index contributed by atoms with van der Waals surface area (Å²) in [5, 5.41) is 13.3. The van der Waals surface area contributed by atoms with E-state index in [1.165, 1.54) is 24.3 Å². The van der Waals surface area contributed by atoms with Gasteiger partial charge in [0.2, 0.25) is 0 Å². The average Bonchev–Trinajstić information content (AvgIpc) is 3.22. The van der Waals surface area contributed by atoms with Gasteiger partial charge in [0, 0.05) is 28.4 Å². The maximum atomic E-state index is 13.7. The number of rotatable bonds is 4. The lowest BCUT2D eigenvalue weighted by atomic mass is 9.86. The van der Waals surface area contributed by atoms with E-state index in [1.807, 2.05) is 89.5 Å². The molecule has 0 aliphatic heterocycles. The van der Waals surface area contributed by atoms with Crippen LogP contribution in [0.4, 0.5) is 0 Å². The van der Waals surface area contributed by atoms with Crippen LogP contribution in [0, 0.1) is 0 Å². The first-order valence-electron chi connectivity index (χ1n) is 11.5. The lowest BCUT2D eigenvalue weighted by Crippen LogP contribution is -2.29. The van der Waals surface area contributed by atoms with Crippen molar-refractivity contribution < 1.29 is 9.90 Å². The quantitative estimate of drug-likeness (QED) is 0.394. The van der Waals surface area contributed by atoms with Gasteiger partial charge in [-0.1, -0.05) is 78.9 Å². The Kier molecular flexibility index (Phi) is 4.87. The number of allylic oxidation sites excluding steroid dienone is 2. The second kappa shape index (κ2) is 8.08. The summed E-state index contributed by atoms with van der Waals surface area (Å²) >= 11 is 0. The minimum atomic E-state index is -1.63. The molecule has 1 aliphatic rings. The minimum absolute atomic E-state index is 0.209. The number of ketones is 1. The Balaban J connectivity index is 1.76. The third-order valence-electron chi connectivity index (χ3n) is 6.57. The van der Waals surface area contributed by atoms with Gasteiger partial charge in [-0.2, -0.15) is 0 Å². The summed E-state index contributed by atoms with van der Waals surface area (Å²) in [4.78, 5) is 28.5. The molecule has 6 rings (SSSR count). The summed E-state index contributed by atoms with van der Waals surface area (Å²) in [6, 6.07) is 27.7. The average molecular weight is 459 g/mol. The molecule has 5 nitrogen and oxygen atoms in total. The highest BCUT2D eigenvalue weighted by atomic mass is 16.3. The van der Waals surface area contributed by atoms with Gasteiger partial charge in [0.1, 0.15) is 11.1 Å². The molecule has 0 atom stereocenters. The molecular formula is C30H22N2O3. The zero-order chi connectivity index (χ0) is 24.0. The number of aromatic amines is 1. The summed E-state index contributed by atoms with van der Waals surface area (Å²) < 4.78 is 2.04. The number of aromatic nitrogens is 2. The third-order valence-corrected chi connectivity index (χ3v) is 6.57. The molecule has 170 valence electrons. The molecule has 0 amide bonds. The van der Waals surface area contributed by atoms with Crippen molar-refractivity contribution in [2.75, 3.05) is 0 Å². The van der Waals surface area contributed by atoms with Crippen molar-refractivity contribution >= 4 is 27.6 Å². The summed E-state index contributed by atoms with van der Waals surface area (Å²) in [7, 11) is 0. The summed E-state index contributed by atoms with van der Waals surface area (Å²) in [5.74, 6) is -0.209.